The van der Waals surface area contributed by atoms with Crippen LogP contribution < -0.4 is 5.32 Å². The lowest BCUT2D eigenvalue weighted by Crippen LogP contribution is -2.51. The fourth-order valence-corrected chi connectivity index (χ4v) is 3.18. The molecule has 1 N–H and O–H groups in total. The smallest absolute Gasteiger partial charge is 0.222 e. The van der Waals surface area contributed by atoms with E-state index in [0.717, 1.165) is 25.9 Å². The number of aromatic nitrogens is 1. The van der Waals surface area contributed by atoms with E-state index >= 15 is 0 Å². The van der Waals surface area contributed by atoms with Crippen molar-refractivity contribution in [2.75, 3.05) is 13.1 Å². The van der Waals surface area contributed by atoms with Gasteiger partial charge in [-0.2, -0.15) is 0 Å². The second kappa shape index (κ2) is 7.55. The molecule has 0 aliphatic carbocycles. The molecule has 2 rings (SSSR count). The molecule has 0 bridgehead atoms. The van der Waals surface area contributed by atoms with Gasteiger partial charge in [0.25, 0.3) is 0 Å². The minimum Gasteiger partial charge on any atom is -0.342 e. The van der Waals surface area contributed by atoms with Crippen LogP contribution in [0.25, 0.3) is 0 Å². The van der Waals surface area contributed by atoms with E-state index in [4.69, 9.17) is 0 Å². The molecule has 1 aliphatic heterocycles. The van der Waals surface area contributed by atoms with Gasteiger partial charge in [-0.25, -0.2) is 0 Å². The van der Waals surface area contributed by atoms with Gasteiger partial charge in [0.2, 0.25) is 5.91 Å². The summed E-state index contributed by atoms with van der Waals surface area (Å²) >= 11 is 0. The zero-order valence-corrected chi connectivity index (χ0v) is 13.4. The predicted octanol–water partition coefficient (Wildman–Crippen LogP) is 2.77. The molecule has 1 saturated heterocycles. The molecule has 116 valence electrons. The van der Waals surface area contributed by atoms with Crippen LogP contribution in [0.4, 0.5) is 0 Å². The Morgan fingerprint density at radius 1 is 1.43 bits per heavy atom. The van der Waals surface area contributed by atoms with Gasteiger partial charge in [-0.1, -0.05) is 20.3 Å². The van der Waals surface area contributed by atoms with Crippen molar-refractivity contribution in [1.82, 2.24) is 15.2 Å². The van der Waals surface area contributed by atoms with Gasteiger partial charge in [0, 0.05) is 44.0 Å². The van der Waals surface area contributed by atoms with E-state index in [1.807, 2.05) is 24.2 Å². The summed E-state index contributed by atoms with van der Waals surface area (Å²) in [6.45, 7) is 8.13. The average Bonchev–Trinajstić information content (AvgIpc) is 2.55. The fraction of sp³-hybridized carbons (Fsp3) is 0.647. The highest BCUT2D eigenvalue weighted by atomic mass is 16.2. The molecule has 0 unspecified atom stereocenters. The van der Waals surface area contributed by atoms with E-state index in [0.29, 0.717) is 24.4 Å². The number of nitrogens with zero attached hydrogens (tertiary/aromatic N) is 2. The lowest BCUT2D eigenvalue weighted by atomic mass is 9.88. The van der Waals surface area contributed by atoms with Crippen LogP contribution in [0, 0.1) is 5.92 Å². The summed E-state index contributed by atoms with van der Waals surface area (Å²) in [5.41, 5.74) is 1.27. The maximum atomic E-state index is 11.9. The lowest BCUT2D eigenvalue weighted by molar-refractivity contribution is -0.133. The topological polar surface area (TPSA) is 45.2 Å². The van der Waals surface area contributed by atoms with E-state index in [2.05, 4.69) is 36.3 Å². The van der Waals surface area contributed by atoms with Crippen molar-refractivity contribution in [3.63, 3.8) is 0 Å². The third kappa shape index (κ3) is 4.03. The van der Waals surface area contributed by atoms with E-state index in [-0.39, 0.29) is 5.91 Å². The second-order valence-corrected chi connectivity index (χ2v) is 5.93. The molecule has 3 atom stereocenters. The van der Waals surface area contributed by atoms with Gasteiger partial charge in [0.05, 0.1) is 0 Å². The standard InChI is InChI=1S/C17H27N3O/c1-4-14-12-20(17(21)5-2)11-8-16(14)19-13(3)15-6-9-18-10-7-15/h6-7,9-10,13-14,16,19H,4-5,8,11-12H2,1-3H3/t13-,14-,16-/m0/s1. The molecule has 0 aromatic carbocycles. The van der Waals surface area contributed by atoms with E-state index in [1.165, 1.54) is 5.56 Å². The summed E-state index contributed by atoms with van der Waals surface area (Å²) in [6.07, 6.45) is 6.44. The van der Waals surface area contributed by atoms with Gasteiger partial charge in [0.15, 0.2) is 0 Å². The Balaban J connectivity index is 1.96. The minimum atomic E-state index is 0.286. The molecule has 4 nitrogen and oxygen atoms in total. The summed E-state index contributed by atoms with van der Waals surface area (Å²) in [6, 6.07) is 4.93. The highest BCUT2D eigenvalue weighted by Crippen LogP contribution is 2.23. The van der Waals surface area contributed by atoms with Gasteiger partial charge in [-0.15, -0.1) is 0 Å². The number of amides is 1. The quantitative estimate of drug-likeness (QED) is 0.906. The van der Waals surface area contributed by atoms with Crippen molar-refractivity contribution in [1.29, 1.82) is 0 Å². The Bertz CT molecular complexity index is 449. The first-order chi connectivity index (χ1) is 10.2. The number of piperidine rings is 1. The van der Waals surface area contributed by atoms with Crippen LogP contribution in [0.3, 0.4) is 0 Å². The average molecular weight is 289 g/mol. The van der Waals surface area contributed by atoms with E-state index in [1.54, 1.807) is 0 Å². The molecular weight excluding hydrogens is 262 g/mol. The van der Waals surface area contributed by atoms with Crippen molar-refractivity contribution in [2.45, 2.75) is 52.1 Å². The maximum Gasteiger partial charge on any atom is 0.222 e. The van der Waals surface area contributed by atoms with Crippen molar-refractivity contribution in [3.05, 3.63) is 30.1 Å². The number of hydrogen-bond donors (Lipinski definition) is 1. The lowest BCUT2D eigenvalue weighted by Gasteiger charge is -2.40. The molecular formula is C17H27N3O. The number of hydrogen-bond acceptors (Lipinski definition) is 3. The maximum absolute atomic E-state index is 11.9. The van der Waals surface area contributed by atoms with Crippen LogP contribution in [-0.4, -0.2) is 34.9 Å². The number of carbonyl (C=O) groups excluding carboxylic acids is 1. The first kappa shape index (κ1) is 16.0. The summed E-state index contributed by atoms with van der Waals surface area (Å²) in [7, 11) is 0. The normalized spacial score (nSPS) is 23.9. The fourth-order valence-electron chi connectivity index (χ4n) is 3.18. The Morgan fingerprint density at radius 3 is 2.76 bits per heavy atom. The van der Waals surface area contributed by atoms with Gasteiger partial charge in [-0.05, 0) is 37.0 Å². The number of rotatable bonds is 5. The SMILES string of the molecule is CCC(=O)N1CC[C@H](N[C@@H](C)c2ccncc2)[C@@H](CC)C1. The Hall–Kier alpha value is -1.42. The molecule has 1 aromatic rings. The molecule has 2 heterocycles. The Kier molecular flexibility index (Phi) is 5.74. The van der Waals surface area contributed by atoms with Gasteiger partial charge in [-0.3, -0.25) is 9.78 Å². The monoisotopic (exact) mass is 289 g/mol. The third-order valence-electron chi connectivity index (χ3n) is 4.58. The van der Waals surface area contributed by atoms with Crippen molar-refractivity contribution >= 4 is 5.91 Å². The number of nitrogens with one attached hydrogen (secondary N) is 1. The second-order valence-electron chi connectivity index (χ2n) is 5.93. The molecule has 21 heavy (non-hydrogen) atoms. The summed E-state index contributed by atoms with van der Waals surface area (Å²) in [4.78, 5) is 18.0. The van der Waals surface area contributed by atoms with Gasteiger partial charge >= 0.3 is 0 Å². The molecule has 1 fully saturated rings. The molecule has 1 amide bonds. The van der Waals surface area contributed by atoms with Crippen LogP contribution in [0.5, 0.6) is 0 Å². The van der Waals surface area contributed by atoms with Gasteiger partial charge < -0.3 is 10.2 Å². The van der Waals surface area contributed by atoms with Crippen LogP contribution in [0.2, 0.25) is 0 Å². The van der Waals surface area contributed by atoms with Crippen LogP contribution in [-0.2, 0) is 4.79 Å². The van der Waals surface area contributed by atoms with Crippen molar-refractivity contribution < 1.29 is 4.79 Å². The molecule has 1 aliphatic rings. The van der Waals surface area contributed by atoms with Gasteiger partial charge in [0.1, 0.15) is 0 Å². The summed E-state index contributed by atoms with van der Waals surface area (Å²) in [5.74, 6) is 0.826. The Morgan fingerprint density at radius 2 is 2.14 bits per heavy atom. The molecule has 4 heteroatoms. The number of carbonyl (C=O) groups is 1. The van der Waals surface area contributed by atoms with E-state index in [9.17, 15) is 4.79 Å². The summed E-state index contributed by atoms with van der Waals surface area (Å²) < 4.78 is 0. The largest absolute Gasteiger partial charge is 0.342 e. The zero-order chi connectivity index (χ0) is 15.2. The van der Waals surface area contributed by atoms with Crippen molar-refractivity contribution in [2.24, 2.45) is 5.92 Å². The highest BCUT2D eigenvalue weighted by molar-refractivity contribution is 5.75. The number of pyridine rings is 1. The summed E-state index contributed by atoms with van der Waals surface area (Å²) in [5, 5.41) is 3.75. The minimum absolute atomic E-state index is 0.286. The molecule has 0 spiro atoms. The highest BCUT2D eigenvalue weighted by Gasteiger charge is 2.30. The van der Waals surface area contributed by atoms with E-state index < -0.39 is 0 Å². The van der Waals surface area contributed by atoms with Crippen LogP contribution >= 0.6 is 0 Å². The first-order valence-electron chi connectivity index (χ1n) is 8.09. The predicted molar refractivity (Wildman–Crippen MR) is 84.8 cm³/mol. The Labute approximate surface area is 127 Å². The molecule has 1 aromatic heterocycles. The number of likely N-dealkylation sites (tertiary alicyclic amines) is 1. The third-order valence-corrected chi connectivity index (χ3v) is 4.58. The van der Waals surface area contributed by atoms with Crippen molar-refractivity contribution in [3.8, 4) is 0 Å². The zero-order valence-electron chi connectivity index (χ0n) is 13.4. The van der Waals surface area contributed by atoms with Crippen LogP contribution in [0.15, 0.2) is 24.5 Å². The molecule has 0 saturated carbocycles. The van der Waals surface area contributed by atoms with Crippen LogP contribution in [0.1, 0.15) is 51.6 Å². The first-order valence-corrected chi connectivity index (χ1v) is 8.09. The molecule has 0 radical (unpaired) electrons.